The molecule has 0 aliphatic heterocycles. The Labute approximate surface area is 122 Å². The summed E-state index contributed by atoms with van der Waals surface area (Å²) < 4.78 is 60.0. The van der Waals surface area contributed by atoms with Crippen LogP contribution in [0.15, 0.2) is 0 Å². The largest absolute Gasteiger partial charge is 0.406 e. The van der Waals surface area contributed by atoms with Crippen LogP contribution in [0.1, 0.15) is 26.2 Å². The van der Waals surface area contributed by atoms with Crippen LogP contribution in [-0.2, 0) is 14.6 Å². The molecule has 124 valence electrons. The Kier molecular flexibility index (Phi) is 5.65. The highest BCUT2D eigenvalue weighted by Gasteiger charge is 2.41. The van der Waals surface area contributed by atoms with Crippen molar-refractivity contribution in [1.82, 2.24) is 4.90 Å². The number of hydrogen-bond acceptors (Lipinski definition) is 4. The van der Waals surface area contributed by atoms with Gasteiger partial charge in [-0.05, 0) is 32.1 Å². The van der Waals surface area contributed by atoms with Gasteiger partial charge in [0, 0.05) is 12.3 Å². The second-order valence-corrected chi connectivity index (χ2v) is 7.94. The number of hydrogen-bond donors (Lipinski definition) is 1. The van der Waals surface area contributed by atoms with Crippen molar-refractivity contribution in [2.75, 3.05) is 18.6 Å². The van der Waals surface area contributed by atoms with Gasteiger partial charge in [0.1, 0.15) is 16.4 Å². The fourth-order valence-corrected chi connectivity index (χ4v) is 2.81. The van der Waals surface area contributed by atoms with Crippen molar-refractivity contribution in [3.05, 3.63) is 0 Å². The lowest BCUT2D eigenvalue weighted by Gasteiger charge is -2.32. The Morgan fingerprint density at radius 1 is 1.38 bits per heavy atom. The highest BCUT2D eigenvalue weighted by molar-refractivity contribution is 7.90. The zero-order valence-corrected chi connectivity index (χ0v) is 12.9. The molecule has 0 spiro atoms. The zero-order valence-electron chi connectivity index (χ0n) is 12.1. The van der Waals surface area contributed by atoms with Crippen molar-refractivity contribution < 1.29 is 26.4 Å². The smallest absolute Gasteiger partial charge is 0.329 e. The molecule has 1 aliphatic rings. The summed E-state index contributed by atoms with van der Waals surface area (Å²) in [4.78, 5) is 12.9. The minimum absolute atomic E-state index is 0.0680. The predicted octanol–water partition coefficient (Wildman–Crippen LogP) is 0.938. The number of nitrogens with two attached hydrogens (primary N) is 1. The Bertz CT molecular complexity index is 475. The third-order valence-electron chi connectivity index (χ3n) is 3.55. The van der Waals surface area contributed by atoms with Gasteiger partial charge in [-0.1, -0.05) is 0 Å². The van der Waals surface area contributed by atoms with Crippen molar-refractivity contribution >= 4 is 15.7 Å². The van der Waals surface area contributed by atoms with Crippen LogP contribution in [0.3, 0.4) is 0 Å². The van der Waals surface area contributed by atoms with E-state index in [0.717, 1.165) is 24.0 Å². The maximum absolute atomic E-state index is 12.6. The molecule has 1 amide bonds. The molecule has 0 aromatic heterocycles. The van der Waals surface area contributed by atoms with Gasteiger partial charge in [0.15, 0.2) is 0 Å². The molecule has 1 fully saturated rings. The summed E-state index contributed by atoms with van der Waals surface area (Å²) in [5, 5.41) is 0. The first kappa shape index (κ1) is 18.2. The fourth-order valence-electron chi connectivity index (χ4n) is 2.13. The van der Waals surface area contributed by atoms with E-state index in [1.54, 1.807) is 6.92 Å². The van der Waals surface area contributed by atoms with E-state index in [1.807, 2.05) is 0 Å². The van der Waals surface area contributed by atoms with E-state index in [0.29, 0.717) is 0 Å². The second-order valence-electron chi connectivity index (χ2n) is 5.68. The number of rotatable bonds is 7. The maximum atomic E-state index is 12.6. The minimum Gasteiger partial charge on any atom is -0.329 e. The highest BCUT2D eigenvalue weighted by Crippen LogP contribution is 2.36. The third kappa shape index (κ3) is 6.64. The molecular formula is C12H21F3N2O3S. The molecule has 0 bridgehead atoms. The number of halogens is 3. The molecule has 0 saturated heterocycles. The summed E-state index contributed by atoms with van der Waals surface area (Å²) in [5.74, 6) is -1.09. The lowest BCUT2D eigenvalue weighted by atomic mass is 10.1. The molecule has 5 nitrogen and oxygen atoms in total. The van der Waals surface area contributed by atoms with Gasteiger partial charge in [0.25, 0.3) is 0 Å². The van der Waals surface area contributed by atoms with Crippen LogP contribution in [0, 0.1) is 5.92 Å². The molecule has 9 heteroatoms. The summed E-state index contributed by atoms with van der Waals surface area (Å²) in [6, 6.07) is -1.77. The van der Waals surface area contributed by atoms with Crippen LogP contribution in [0.25, 0.3) is 0 Å². The zero-order chi connectivity index (χ0) is 16.4. The van der Waals surface area contributed by atoms with Crippen LogP contribution in [0.2, 0.25) is 0 Å². The van der Waals surface area contributed by atoms with Gasteiger partial charge >= 0.3 is 6.18 Å². The van der Waals surface area contributed by atoms with E-state index in [4.69, 9.17) is 5.73 Å². The van der Waals surface area contributed by atoms with Crippen LogP contribution >= 0.6 is 0 Å². The van der Waals surface area contributed by atoms with E-state index in [2.05, 4.69) is 0 Å². The lowest BCUT2D eigenvalue weighted by molar-refractivity contribution is -0.166. The third-order valence-corrected chi connectivity index (χ3v) is 4.52. The first-order valence-corrected chi connectivity index (χ1v) is 8.77. The van der Waals surface area contributed by atoms with Gasteiger partial charge in [-0.15, -0.1) is 0 Å². The van der Waals surface area contributed by atoms with Gasteiger partial charge in [-0.3, -0.25) is 4.79 Å². The van der Waals surface area contributed by atoms with Gasteiger partial charge in [-0.25, -0.2) is 8.42 Å². The Balaban J connectivity index is 2.74. The van der Waals surface area contributed by atoms with E-state index >= 15 is 0 Å². The molecule has 0 heterocycles. The quantitative estimate of drug-likeness (QED) is 0.753. The monoisotopic (exact) mass is 330 g/mol. The van der Waals surface area contributed by atoms with Crippen LogP contribution in [0.4, 0.5) is 13.2 Å². The molecule has 1 saturated carbocycles. The Morgan fingerprint density at radius 3 is 2.29 bits per heavy atom. The molecule has 1 rings (SSSR count). The normalized spacial score (nSPS) is 19.1. The molecule has 2 unspecified atom stereocenters. The van der Waals surface area contributed by atoms with Crippen molar-refractivity contribution in [1.29, 1.82) is 0 Å². The summed E-state index contributed by atoms with van der Waals surface area (Å²) in [5.41, 5.74) is 5.58. The molecule has 21 heavy (non-hydrogen) atoms. The van der Waals surface area contributed by atoms with Crippen molar-refractivity contribution in [3.8, 4) is 0 Å². The first-order chi connectivity index (χ1) is 9.41. The van der Waals surface area contributed by atoms with Crippen LogP contribution < -0.4 is 5.73 Å². The topological polar surface area (TPSA) is 80.5 Å². The SMILES string of the molecule is CC(C1CC1)N(CC(F)(F)F)C(=O)C(N)CCS(C)(=O)=O. The Hall–Kier alpha value is -0.830. The van der Waals surface area contributed by atoms with Gasteiger partial charge in [0.2, 0.25) is 5.91 Å². The number of nitrogens with zero attached hydrogens (tertiary/aromatic N) is 1. The number of carbonyl (C=O) groups is 1. The van der Waals surface area contributed by atoms with Crippen LogP contribution in [-0.4, -0.2) is 56.0 Å². The molecule has 0 aromatic carbocycles. The minimum atomic E-state index is -4.50. The number of alkyl halides is 3. The van der Waals surface area contributed by atoms with E-state index in [9.17, 15) is 26.4 Å². The molecular weight excluding hydrogens is 309 g/mol. The standard InChI is InChI=1S/C12H21F3N2O3S/c1-8(9-3-4-9)17(7-12(13,14)15)11(18)10(16)5-6-21(2,19)20/h8-10H,3-7,16H2,1-2H3. The second kappa shape index (κ2) is 6.51. The summed E-state index contributed by atoms with van der Waals surface area (Å²) in [7, 11) is -3.31. The highest BCUT2D eigenvalue weighted by atomic mass is 32.2. The summed E-state index contributed by atoms with van der Waals surface area (Å²) in [6.07, 6.45) is -2.11. The van der Waals surface area contributed by atoms with Crippen molar-refractivity contribution in [2.24, 2.45) is 11.7 Å². The average molecular weight is 330 g/mol. The lowest BCUT2D eigenvalue weighted by Crippen LogP contribution is -2.52. The molecule has 2 atom stereocenters. The molecule has 2 N–H and O–H groups in total. The molecule has 0 aromatic rings. The van der Waals surface area contributed by atoms with E-state index in [-0.39, 0.29) is 18.1 Å². The fraction of sp³-hybridized carbons (Fsp3) is 0.917. The molecule has 1 aliphatic carbocycles. The van der Waals surface area contributed by atoms with Crippen molar-refractivity contribution in [3.63, 3.8) is 0 Å². The first-order valence-electron chi connectivity index (χ1n) is 6.71. The maximum Gasteiger partial charge on any atom is 0.406 e. The van der Waals surface area contributed by atoms with Crippen LogP contribution in [0.5, 0.6) is 0 Å². The van der Waals surface area contributed by atoms with Gasteiger partial charge in [0.05, 0.1) is 11.8 Å². The van der Waals surface area contributed by atoms with E-state index < -0.39 is 40.5 Å². The number of sulfone groups is 1. The number of amides is 1. The average Bonchev–Trinajstić information content (AvgIpc) is 3.13. The van der Waals surface area contributed by atoms with Crippen molar-refractivity contribution in [2.45, 2.75) is 44.4 Å². The van der Waals surface area contributed by atoms with E-state index in [1.165, 1.54) is 0 Å². The van der Waals surface area contributed by atoms with Gasteiger partial charge in [-0.2, -0.15) is 13.2 Å². The molecule has 0 radical (unpaired) electrons. The summed E-state index contributed by atoms with van der Waals surface area (Å²) in [6.45, 7) is 0.223. The number of carbonyl (C=O) groups excluding carboxylic acids is 1. The Morgan fingerprint density at radius 2 is 1.90 bits per heavy atom. The summed E-state index contributed by atoms with van der Waals surface area (Å²) >= 11 is 0. The predicted molar refractivity (Wildman–Crippen MR) is 72.3 cm³/mol. The van der Waals surface area contributed by atoms with Gasteiger partial charge < -0.3 is 10.6 Å².